The number of aliphatic hydroxyl groups is 1. The van der Waals surface area contributed by atoms with Crippen LogP contribution < -0.4 is 5.32 Å². The minimum absolute atomic E-state index is 0.0455. The van der Waals surface area contributed by atoms with Gasteiger partial charge in [-0.1, -0.05) is 68.5 Å². The van der Waals surface area contributed by atoms with Crippen LogP contribution in [0.15, 0.2) is 96.8 Å². The Labute approximate surface area is 220 Å². The molecule has 4 N–H and O–H groups in total. The number of carbonyl (C=O) groups excluding carboxylic acids is 1. The third kappa shape index (κ3) is 11.3. The van der Waals surface area contributed by atoms with E-state index in [-0.39, 0.29) is 28.9 Å². The van der Waals surface area contributed by atoms with Gasteiger partial charge in [0, 0.05) is 11.8 Å². The molecule has 0 saturated carbocycles. The van der Waals surface area contributed by atoms with Crippen molar-refractivity contribution in [1.29, 1.82) is 0 Å². The molecule has 2 aromatic rings. The van der Waals surface area contributed by atoms with Crippen LogP contribution in [-0.4, -0.2) is 27.1 Å². The molecule has 0 aliphatic heterocycles. The summed E-state index contributed by atoms with van der Waals surface area (Å²) in [6, 6.07) is 13.7. The average Bonchev–Trinajstić information content (AvgIpc) is 2.88. The number of carbonyl (C=O) groups is 2. The molecule has 1 aliphatic rings. The summed E-state index contributed by atoms with van der Waals surface area (Å²) < 4.78 is 8.19. The van der Waals surface area contributed by atoms with E-state index in [0.717, 1.165) is 35.8 Å². The number of aromatic hydroxyl groups is 1. The normalized spacial score (nSPS) is 14.1. The van der Waals surface area contributed by atoms with Crippen LogP contribution in [0.3, 0.4) is 0 Å². The Hall–Kier alpha value is -3.52. The van der Waals surface area contributed by atoms with Crippen LogP contribution in [0.2, 0.25) is 0 Å². The molecule has 0 fully saturated rings. The second-order valence-electron chi connectivity index (χ2n) is 8.04. The van der Waals surface area contributed by atoms with Crippen molar-refractivity contribution in [2.45, 2.75) is 32.8 Å². The summed E-state index contributed by atoms with van der Waals surface area (Å²) in [7, 11) is 0. The SMILES string of the molecule is CC(C)/C=C/CCC(O)c1ccccc1.O=C1C=CC=C/C1=C/Nc1cc(C(=O)O)ccc1O.[O]=[V]. The van der Waals surface area contributed by atoms with E-state index in [4.69, 9.17) is 8.78 Å². The molecule has 0 amide bonds. The number of ketones is 1. The minimum atomic E-state index is -1.09. The van der Waals surface area contributed by atoms with E-state index in [9.17, 15) is 19.8 Å². The van der Waals surface area contributed by atoms with Crippen molar-refractivity contribution in [3.8, 4) is 5.75 Å². The molecule has 8 heteroatoms. The van der Waals surface area contributed by atoms with E-state index in [1.807, 2.05) is 30.3 Å². The van der Waals surface area contributed by atoms with E-state index in [1.165, 1.54) is 30.5 Å². The molecule has 1 aliphatic carbocycles. The molecule has 0 spiro atoms. The summed E-state index contributed by atoms with van der Waals surface area (Å²) in [5, 5.41) is 31.0. The van der Waals surface area contributed by atoms with Crippen LogP contribution in [0.25, 0.3) is 0 Å². The fourth-order valence-corrected chi connectivity index (χ4v) is 3.00. The van der Waals surface area contributed by atoms with Gasteiger partial charge in [-0.3, -0.25) is 4.79 Å². The third-order valence-corrected chi connectivity index (χ3v) is 4.86. The summed E-state index contributed by atoms with van der Waals surface area (Å²) in [6.45, 7) is 4.31. The number of hydrogen-bond acceptors (Lipinski definition) is 6. The maximum atomic E-state index is 11.5. The number of carboxylic acids is 1. The summed E-state index contributed by atoms with van der Waals surface area (Å²) in [5.41, 5.74) is 1.70. The van der Waals surface area contributed by atoms with Crippen molar-refractivity contribution in [3.63, 3.8) is 0 Å². The van der Waals surface area contributed by atoms with Gasteiger partial charge in [-0.15, -0.1) is 0 Å². The van der Waals surface area contributed by atoms with Gasteiger partial charge in [-0.05, 0) is 54.7 Å². The standard InChI is InChI=1S/C14H11NO4.C14H20O.O.V/c16-12-4-2-1-3-10(12)8-15-11-7-9(14(18)19)5-6-13(11)17;1-12(2)8-6-7-11-14(15)13-9-4-3-5-10-13;;/h1-8,15,17H,(H,18,19);3-6,8-10,12,14-15H,7,11H2,1-2H3;;/b10-8-;8-6+;;. The Balaban J connectivity index is 0.000000346. The molecule has 189 valence electrons. The molecule has 2 aromatic carbocycles. The number of aromatic carboxylic acids is 1. The second-order valence-corrected chi connectivity index (χ2v) is 8.04. The van der Waals surface area contributed by atoms with Crippen LogP contribution in [0.5, 0.6) is 5.75 Å². The topological polar surface area (TPSA) is 124 Å². The number of hydrogen-bond donors (Lipinski definition) is 4. The van der Waals surface area contributed by atoms with Crippen LogP contribution >= 0.6 is 0 Å². The number of allylic oxidation sites excluding steroid dienone is 7. The fraction of sp³-hybridized carbons (Fsp3) is 0.214. The van der Waals surface area contributed by atoms with Crippen molar-refractivity contribution in [1.82, 2.24) is 0 Å². The van der Waals surface area contributed by atoms with E-state index in [1.54, 1.807) is 18.2 Å². The molecular weight excluding hydrogens is 497 g/mol. The Morgan fingerprint density at radius 3 is 2.33 bits per heavy atom. The number of anilines is 1. The molecule has 0 heterocycles. The maximum absolute atomic E-state index is 11.5. The zero-order valence-corrected chi connectivity index (χ0v) is 21.6. The molecule has 0 saturated heterocycles. The molecule has 0 radical (unpaired) electrons. The molecule has 1 atom stereocenters. The molecule has 7 nitrogen and oxygen atoms in total. The zero-order chi connectivity index (χ0) is 26.9. The van der Waals surface area contributed by atoms with Gasteiger partial charge in [0.1, 0.15) is 5.75 Å². The molecule has 36 heavy (non-hydrogen) atoms. The fourth-order valence-electron chi connectivity index (χ4n) is 3.00. The Bertz CT molecular complexity index is 1110. The predicted molar refractivity (Wildman–Crippen MR) is 135 cm³/mol. The first-order chi connectivity index (χ1) is 17.3. The first kappa shape index (κ1) is 30.5. The second kappa shape index (κ2) is 17.0. The van der Waals surface area contributed by atoms with E-state index in [0.29, 0.717) is 11.5 Å². The molecular formula is C28H31NO6V. The van der Waals surface area contributed by atoms with Gasteiger partial charge < -0.3 is 20.6 Å². The molecule has 3 rings (SSSR count). The number of rotatable bonds is 8. The first-order valence-electron chi connectivity index (χ1n) is 11.3. The molecule has 0 bridgehead atoms. The Morgan fingerprint density at radius 2 is 1.72 bits per heavy atom. The van der Waals surface area contributed by atoms with Crippen LogP contribution in [0.4, 0.5) is 5.69 Å². The number of nitrogens with one attached hydrogen (secondary N) is 1. The van der Waals surface area contributed by atoms with Gasteiger partial charge in [-0.2, -0.15) is 0 Å². The third-order valence-electron chi connectivity index (χ3n) is 4.86. The van der Waals surface area contributed by atoms with Gasteiger partial charge in [0.2, 0.25) is 0 Å². The number of aliphatic hydroxyl groups excluding tert-OH is 1. The number of benzene rings is 2. The van der Waals surface area contributed by atoms with Crippen molar-refractivity contribution >= 4 is 17.4 Å². The predicted octanol–water partition coefficient (Wildman–Crippen LogP) is 5.67. The number of carboxylic acid groups (broad SMARTS) is 1. The van der Waals surface area contributed by atoms with Gasteiger partial charge in [-0.25, -0.2) is 4.79 Å². The summed E-state index contributed by atoms with van der Waals surface area (Å²) >= 11 is 1.06. The van der Waals surface area contributed by atoms with Crippen molar-refractivity contribution in [2.75, 3.05) is 5.32 Å². The van der Waals surface area contributed by atoms with Crippen molar-refractivity contribution < 1.29 is 46.0 Å². The van der Waals surface area contributed by atoms with Gasteiger partial charge in [0.25, 0.3) is 0 Å². The Kier molecular flexibility index (Phi) is 14.4. The molecule has 0 aromatic heterocycles. The summed E-state index contributed by atoms with van der Waals surface area (Å²) in [4.78, 5) is 22.3. The summed E-state index contributed by atoms with van der Waals surface area (Å²) in [5.74, 6) is -0.750. The van der Waals surface area contributed by atoms with Crippen LogP contribution in [0.1, 0.15) is 48.7 Å². The zero-order valence-electron chi connectivity index (χ0n) is 20.2. The summed E-state index contributed by atoms with van der Waals surface area (Å²) in [6.07, 6.45) is 13.5. The van der Waals surface area contributed by atoms with Crippen LogP contribution in [-0.2, 0) is 25.8 Å². The quantitative estimate of drug-likeness (QED) is 0.198. The average molecular weight is 529 g/mol. The number of phenolic OH excluding ortho intramolecular Hbond substituents is 1. The van der Waals surface area contributed by atoms with Gasteiger partial charge >= 0.3 is 27.0 Å². The Morgan fingerprint density at radius 1 is 1.06 bits per heavy atom. The first-order valence-corrected chi connectivity index (χ1v) is 11.8. The monoisotopic (exact) mass is 528 g/mol. The van der Waals surface area contributed by atoms with E-state index >= 15 is 0 Å². The molecule has 1 unspecified atom stereocenters. The number of phenols is 1. The van der Waals surface area contributed by atoms with Gasteiger partial charge in [0.15, 0.2) is 5.78 Å². The van der Waals surface area contributed by atoms with Crippen LogP contribution in [0, 0.1) is 5.92 Å². The van der Waals surface area contributed by atoms with E-state index in [2.05, 4.69) is 31.3 Å². The van der Waals surface area contributed by atoms with E-state index < -0.39 is 5.97 Å². The van der Waals surface area contributed by atoms with Gasteiger partial charge in [0.05, 0.1) is 17.4 Å². The van der Waals surface area contributed by atoms with Crippen molar-refractivity contribution in [3.05, 3.63) is 108 Å². The van der Waals surface area contributed by atoms with Crippen molar-refractivity contribution in [2.24, 2.45) is 5.92 Å².